The number of thiazole rings is 1. The fraction of sp³-hybridized carbons (Fsp3) is 0.152. The van der Waals surface area contributed by atoms with E-state index in [0.717, 1.165) is 40.5 Å². The van der Waals surface area contributed by atoms with E-state index in [2.05, 4.69) is 35.7 Å². The summed E-state index contributed by atoms with van der Waals surface area (Å²) in [7, 11) is 0. The van der Waals surface area contributed by atoms with Crippen LogP contribution in [0, 0.1) is 5.92 Å². The number of hydrogen-bond donors (Lipinski definition) is 2. The zero-order valence-electron chi connectivity index (χ0n) is 22.5. The van der Waals surface area contributed by atoms with Gasteiger partial charge in [-0.15, -0.1) is 11.3 Å². The van der Waals surface area contributed by atoms with Gasteiger partial charge in [0.05, 0.1) is 11.3 Å². The van der Waals surface area contributed by atoms with E-state index < -0.39 is 0 Å². The number of rotatable bonds is 11. The number of amides is 1. The second kappa shape index (κ2) is 13.0. The number of aromatic nitrogens is 1. The summed E-state index contributed by atoms with van der Waals surface area (Å²) in [5, 5.41) is 2.46. The predicted molar refractivity (Wildman–Crippen MR) is 161 cm³/mol. The molecule has 0 atom stereocenters. The lowest BCUT2D eigenvalue weighted by Crippen LogP contribution is -2.29. The van der Waals surface area contributed by atoms with E-state index in [-0.39, 0.29) is 5.91 Å². The molecule has 0 fully saturated rings. The normalized spacial score (nSPS) is 10.8. The van der Waals surface area contributed by atoms with Crippen molar-refractivity contribution in [2.45, 2.75) is 26.9 Å². The van der Waals surface area contributed by atoms with Crippen molar-refractivity contribution in [3.8, 4) is 27.8 Å². The molecule has 5 aromatic rings. The molecule has 0 saturated heterocycles. The van der Waals surface area contributed by atoms with Gasteiger partial charge in [-0.2, -0.15) is 0 Å². The van der Waals surface area contributed by atoms with Gasteiger partial charge in [-0.05, 0) is 65.9 Å². The number of hydrazine groups is 1. The quantitative estimate of drug-likeness (QED) is 0.163. The number of carbonyl (C=O) groups is 1. The Morgan fingerprint density at radius 3 is 2.33 bits per heavy atom. The summed E-state index contributed by atoms with van der Waals surface area (Å²) < 4.78 is 12.2. The van der Waals surface area contributed by atoms with Crippen molar-refractivity contribution >= 4 is 22.9 Å². The van der Waals surface area contributed by atoms with Crippen LogP contribution >= 0.6 is 11.3 Å². The lowest BCUT2D eigenvalue weighted by atomic mass is 10.0. The second-order valence-electron chi connectivity index (χ2n) is 9.72. The molecule has 1 amide bonds. The topological polar surface area (TPSA) is 72.5 Å². The maximum Gasteiger partial charge on any atom is 0.289 e. The molecule has 1 heterocycles. The Balaban J connectivity index is 1.18. The van der Waals surface area contributed by atoms with E-state index in [4.69, 9.17) is 9.47 Å². The van der Waals surface area contributed by atoms with Crippen molar-refractivity contribution in [1.29, 1.82) is 0 Å². The Morgan fingerprint density at radius 1 is 0.850 bits per heavy atom. The molecular formula is C33H31N3O3S. The van der Waals surface area contributed by atoms with Gasteiger partial charge in [-0.1, -0.05) is 74.5 Å². The Kier molecular flexibility index (Phi) is 8.73. The highest BCUT2D eigenvalue weighted by molar-refractivity contribution is 7.13. The smallest absolute Gasteiger partial charge is 0.289 e. The van der Waals surface area contributed by atoms with Crippen molar-refractivity contribution in [3.05, 3.63) is 125 Å². The zero-order valence-corrected chi connectivity index (χ0v) is 23.3. The van der Waals surface area contributed by atoms with Crippen LogP contribution in [0.15, 0.2) is 109 Å². The van der Waals surface area contributed by atoms with Crippen LogP contribution in [0.3, 0.4) is 0 Å². The number of carbonyl (C=O) groups excluding carboxylic acids is 1. The summed E-state index contributed by atoms with van der Waals surface area (Å²) in [6.07, 6.45) is 0.951. The molecule has 40 heavy (non-hydrogen) atoms. The van der Waals surface area contributed by atoms with Gasteiger partial charge in [-0.3, -0.25) is 15.6 Å². The molecule has 202 valence electrons. The van der Waals surface area contributed by atoms with Crippen molar-refractivity contribution in [3.63, 3.8) is 0 Å². The van der Waals surface area contributed by atoms with Crippen LogP contribution in [-0.4, -0.2) is 10.9 Å². The molecule has 4 aromatic carbocycles. The lowest BCUT2D eigenvalue weighted by molar-refractivity contribution is 0.0958. The van der Waals surface area contributed by atoms with Gasteiger partial charge in [-0.25, -0.2) is 4.98 Å². The number of hydrogen-bond acceptors (Lipinski definition) is 6. The Bertz CT molecular complexity index is 1550. The molecular weight excluding hydrogens is 518 g/mol. The largest absolute Gasteiger partial charge is 0.488 e. The lowest BCUT2D eigenvalue weighted by Gasteiger charge is -2.13. The van der Waals surface area contributed by atoms with Crippen molar-refractivity contribution in [2.24, 2.45) is 5.92 Å². The molecule has 0 spiro atoms. The number of nitrogens with zero attached hydrogens (tertiary/aromatic N) is 1. The third kappa shape index (κ3) is 7.07. The van der Waals surface area contributed by atoms with Crippen LogP contribution < -0.4 is 20.3 Å². The number of anilines is 1. The highest BCUT2D eigenvalue weighted by Crippen LogP contribution is 2.33. The highest BCUT2D eigenvalue weighted by atomic mass is 32.1. The Labute approximate surface area is 238 Å². The average Bonchev–Trinajstić information content (AvgIpc) is 3.47. The van der Waals surface area contributed by atoms with E-state index in [1.807, 2.05) is 97.1 Å². The number of para-hydroxylation sites is 2. The number of nitrogens with one attached hydrogen (secondary N) is 2. The number of ether oxygens (including phenoxy) is 2. The number of benzene rings is 4. The molecule has 0 radical (unpaired) electrons. The SMILES string of the molecule is CC(C)Cc1ccccc1Oc1ccc(NNC(=O)c2csc(-c3ccccc3OCc3ccccc3)n2)cc1. The maximum absolute atomic E-state index is 12.8. The molecule has 5 rings (SSSR count). The Morgan fingerprint density at radius 2 is 1.55 bits per heavy atom. The van der Waals surface area contributed by atoms with Gasteiger partial charge in [0, 0.05) is 5.38 Å². The molecule has 0 aliphatic heterocycles. The second-order valence-corrected chi connectivity index (χ2v) is 10.6. The summed E-state index contributed by atoms with van der Waals surface area (Å²) >= 11 is 1.40. The summed E-state index contributed by atoms with van der Waals surface area (Å²) in [4.78, 5) is 17.4. The van der Waals surface area contributed by atoms with Gasteiger partial charge >= 0.3 is 0 Å². The van der Waals surface area contributed by atoms with E-state index in [9.17, 15) is 4.79 Å². The summed E-state index contributed by atoms with van der Waals surface area (Å²) in [5.74, 6) is 2.52. The minimum absolute atomic E-state index is 0.326. The minimum Gasteiger partial charge on any atom is -0.488 e. The van der Waals surface area contributed by atoms with E-state index in [1.54, 1.807) is 5.38 Å². The molecule has 0 bridgehead atoms. The molecule has 2 N–H and O–H groups in total. The summed E-state index contributed by atoms with van der Waals surface area (Å²) in [6.45, 7) is 4.84. The first-order chi connectivity index (χ1) is 19.5. The van der Waals surface area contributed by atoms with Crippen LogP contribution in [0.5, 0.6) is 17.2 Å². The van der Waals surface area contributed by atoms with Crippen LogP contribution in [0.1, 0.15) is 35.5 Å². The van der Waals surface area contributed by atoms with Crippen LogP contribution in [0.2, 0.25) is 0 Å². The molecule has 0 unspecified atom stereocenters. The van der Waals surface area contributed by atoms with Gasteiger partial charge in [0.2, 0.25) is 0 Å². The molecule has 0 saturated carbocycles. The first-order valence-corrected chi connectivity index (χ1v) is 14.1. The molecule has 0 aliphatic carbocycles. The fourth-order valence-corrected chi connectivity index (χ4v) is 4.97. The van der Waals surface area contributed by atoms with Gasteiger partial charge < -0.3 is 9.47 Å². The first-order valence-electron chi connectivity index (χ1n) is 13.2. The van der Waals surface area contributed by atoms with Crippen molar-refractivity contribution in [2.75, 3.05) is 5.43 Å². The van der Waals surface area contributed by atoms with Gasteiger partial charge in [0.25, 0.3) is 5.91 Å². The molecule has 6 nitrogen and oxygen atoms in total. The third-order valence-corrected chi connectivity index (χ3v) is 6.97. The zero-order chi connectivity index (χ0) is 27.7. The van der Waals surface area contributed by atoms with Crippen LogP contribution in [0.25, 0.3) is 10.6 Å². The van der Waals surface area contributed by atoms with Crippen molar-refractivity contribution in [1.82, 2.24) is 10.4 Å². The average molecular weight is 550 g/mol. The Hall–Kier alpha value is -4.62. The highest BCUT2D eigenvalue weighted by Gasteiger charge is 2.15. The first kappa shape index (κ1) is 27.0. The van der Waals surface area contributed by atoms with E-state index in [1.165, 1.54) is 16.9 Å². The van der Waals surface area contributed by atoms with E-state index in [0.29, 0.717) is 23.2 Å². The standard InChI is InChI=1S/C33H31N3O3S/c1-23(2)20-25-12-6-8-14-30(25)39-27-18-16-26(17-19-27)35-36-32(37)29-22-40-33(34-29)28-13-7-9-15-31(28)38-21-24-10-4-3-5-11-24/h3-19,22-23,35H,20-21H2,1-2H3,(H,36,37). The molecule has 0 aliphatic rings. The third-order valence-electron chi connectivity index (χ3n) is 6.09. The minimum atomic E-state index is -0.326. The van der Waals surface area contributed by atoms with Crippen LogP contribution in [0.4, 0.5) is 5.69 Å². The molecule has 1 aromatic heterocycles. The summed E-state index contributed by atoms with van der Waals surface area (Å²) in [5.41, 5.74) is 9.84. The summed E-state index contributed by atoms with van der Waals surface area (Å²) in [6, 6.07) is 33.3. The van der Waals surface area contributed by atoms with Gasteiger partial charge in [0.1, 0.15) is 34.6 Å². The fourth-order valence-electron chi connectivity index (χ4n) is 4.14. The molecule has 7 heteroatoms. The monoisotopic (exact) mass is 549 g/mol. The van der Waals surface area contributed by atoms with E-state index >= 15 is 0 Å². The predicted octanol–water partition coefficient (Wildman–Crippen LogP) is 8.14. The van der Waals surface area contributed by atoms with Crippen molar-refractivity contribution < 1.29 is 14.3 Å². The maximum atomic E-state index is 12.8. The van der Waals surface area contributed by atoms with Crippen LogP contribution in [-0.2, 0) is 13.0 Å². The van der Waals surface area contributed by atoms with Gasteiger partial charge in [0.15, 0.2) is 0 Å².